The number of rotatable bonds is 6. The van der Waals surface area contributed by atoms with Crippen LogP contribution in [-0.2, 0) is 0 Å². The molecule has 8 aromatic rings. The van der Waals surface area contributed by atoms with Gasteiger partial charge in [-0.1, -0.05) is 164 Å². The molecule has 232 valence electrons. The Hall–Kier alpha value is -7.21. The zero-order valence-electron chi connectivity index (χ0n) is 26.8. The minimum atomic E-state index is 0.482. The second-order valence-electron chi connectivity index (χ2n) is 11.8. The van der Waals surface area contributed by atoms with Crippen molar-refractivity contribution < 1.29 is 0 Å². The second-order valence-corrected chi connectivity index (χ2v) is 11.8. The van der Waals surface area contributed by atoms with Crippen LogP contribution >= 0.6 is 0 Å². The predicted molar refractivity (Wildman–Crippen MR) is 202 cm³/mol. The van der Waals surface area contributed by atoms with Crippen molar-refractivity contribution in [3.8, 4) is 67.5 Å². The maximum absolute atomic E-state index is 7.61. The van der Waals surface area contributed by atoms with E-state index in [9.17, 15) is 0 Å². The summed E-state index contributed by atoms with van der Waals surface area (Å²) in [5, 5.41) is 2.29. The lowest BCUT2D eigenvalue weighted by atomic mass is 9.91. The molecule has 5 nitrogen and oxygen atoms in total. The summed E-state index contributed by atoms with van der Waals surface area (Å²) in [6.07, 6.45) is 0. The molecule has 0 aliphatic rings. The van der Waals surface area contributed by atoms with Crippen molar-refractivity contribution >= 4 is 22.1 Å². The Kier molecular flexibility index (Phi) is 7.91. The molecule has 7 aromatic carbocycles. The smallest absolute Gasteiger partial charge is 0.184 e. The van der Waals surface area contributed by atoms with E-state index in [1.807, 2.05) is 72.8 Å². The average molecular weight is 638 g/mol. The number of benzene rings is 7. The Bertz CT molecular complexity index is 2490. The highest BCUT2D eigenvalue weighted by molar-refractivity contribution is 6.04. The van der Waals surface area contributed by atoms with E-state index < -0.39 is 0 Å². The van der Waals surface area contributed by atoms with Gasteiger partial charge < -0.3 is 0 Å². The fourth-order valence-electron chi connectivity index (χ4n) is 6.38. The highest BCUT2D eigenvalue weighted by Gasteiger charge is 2.15. The number of fused-ring (bicyclic) bond motifs is 1. The van der Waals surface area contributed by atoms with Crippen molar-refractivity contribution in [2.24, 2.45) is 0 Å². The first-order valence-electron chi connectivity index (χ1n) is 16.2. The van der Waals surface area contributed by atoms with Crippen molar-refractivity contribution in [1.82, 2.24) is 15.0 Å². The molecule has 1 heterocycles. The van der Waals surface area contributed by atoms with Crippen LogP contribution in [0.4, 0.5) is 11.4 Å². The average Bonchev–Trinajstić information content (AvgIpc) is 3.20. The van der Waals surface area contributed by atoms with Crippen LogP contribution in [0.5, 0.6) is 0 Å². The van der Waals surface area contributed by atoms with Crippen LogP contribution in [-0.4, -0.2) is 15.0 Å². The van der Waals surface area contributed by atoms with Crippen molar-refractivity contribution in [3.63, 3.8) is 0 Å². The molecule has 50 heavy (non-hydrogen) atoms. The summed E-state index contributed by atoms with van der Waals surface area (Å²) in [6, 6.07) is 54.6. The summed E-state index contributed by atoms with van der Waals surface area (Å²) in [4.78, 5) is 21.9. The monoisotopic (exact) mass is 637 g/mol. The zero-order valence-corrected chi connectivity index (χ0v) is 26.8. The van der Waals surface area contributed by atoms with E-state index in [-0.39, 0.29) is 0 Å². The quantitative estimate of drug-likeness (QED) is 0.170. The SMILES string of the molecule is [C-]#[N+]c1cccc([N+]#[C-])c1-c1ccc(-c2cccc3c(-c4ccc(-c5nc(-c6ccccc6)nc(-c6ccccc6)n5)cc4)cccc23)cc1. The van der Waals surface area contributed by atoms with Crippen LogP contribution in [0.2, 0.25) is 0 Å². The third kappa shape index (κ3) is 5.66. The highest BCUT2D eigenvalue weighted by atomic mass is 15.0. The van der Waals surface area contributed by atoms with Crippen LogP contribution in [0.1, 0.15) is 0 Å². The van der Waals surface area contributed by atoms with Gasteiger partial charge >= 0.3 is 0 Å². The Balaban J connectivity index is 1.15. The first-order chi connectivity index (χ1) is 24.7. The molecule has 0 bridgehead atoms. The standard InChI is InChI=1S/C45H27N5/c1-46-40-20-11-21-41(47-2)42(40)32-26-22-30(23-27-32)36-16-9-19-39-37(17-10-18-38(36)39)31-24-28-35(29-25-31)45-49-43(33-12-5-3-6-13-33)48-44(50-45)34-14-7-4-8-15-34/h3-29H. The first kappa shape index (κ1) is 30.1. The summed E-state index contributed by atoms with van der Waals surface area (Å²) in [6.45, 7) is 15.2. The van der Waals surface area contributed by atoms with E-state index in [0.29, 0.717) is 34.4 Å². The van der Waals surface area contributed by atoms with Crippen molar-refractivity contribution in [2.75, 3.05) is 0 Å². The lowest BCUT2D eigenvalue weighted by Crippen LogP contribution is -2.00. The topological polar surface area (TPSA) is 47.4 Å². The normalized spacial score (nSPS) is 10.8. The molecule has 0 fully saturated rings. The van der Waals surface area contributed by atoms with Gasteiger partial charge in [0.2, 0.25) is 0 Å². The maximum atomic E-state index is 7.61. The Morgan fingerprint density at radius 3 is 1.10 bits per heavy atom. The van der Waals surface area contributed by atoms with Crippen LogP contribution < -0.4 is 0 Å². The fraction of sp³-hybridized carbons (Fsp3) is 0. The van der Waals surface area contributed by atoms with Gasteiger partial charge in [-0.15, -0.1) is 0 Å². The first-order valence-corrected chi connectivity index (χ1v) is 16.2. The van der Waals surface area contributed by atoms with Crippen molar-refractivity contribution in [2.45, 2.75) is 0 Å². The zero-order chi connectivity index (χ0) is 33.9. The van der Waals surface area contributed by atoms with Crippen LogP contribution in [0.25, 0.3) is 88.0 Å². The van der Waals surface area contributed by atoms with Crippen molar-refractivity contribution in [3.05, 3.63) is 187 Å². The molecule has 0 saturated heterocycles. The van der Waals surface area contributed by atoms with E-state index >= 15 is 0 Å². The molecule has 0 aliphatic heterocycles. The fourth-order valence-corrected chi connectivity index (χ4v) is 6.38. The van der Waals surface area contributed by atoms with E-state index in [1.165, 1.54) is 0 Å². The lowest BCUT2D eigenvalue weighted by molar-refractivity contribution is 1.07. The lowest BCUT2D eigenvalue weighted by Gasteiger charge is -2.13. The minimum absolute atomic E-state index is 0.482. The van der Waals surface area contributed by atoms with E-state index in [0.717, 1.165) is 55.3 Å². The Labute approximate surface area is 290 Å². The number of hydrogen-bond acceptors (Lipinski definition) is 3. The molecule has 0 N–H and O–H groups in total. The molecule has 0 atom stereocenters. The molecular weight excluding hydrogens is 611 g/mol. The molecule has 0 unspecified atom stereocenters. The van der Waals surface area contributed by atoms with E-state index in [2.05, 4.69) is 82.5 Å². The number of aromatic nitrogens is 3. The number of nitrogens with zero attached hydrogens (tertiary/aromatic N) is 5. The Morgan fingerprint density at radius 1 is 0.320 bits per heavy atom. The molecular formula is C45H27N5. The summed E-state index contributed by atoms with van der Waals surface area (Å²) >= 11 is 0. The minimum Gasteiger partial charge on any atom is -0.239 e. The second kappa shape index (κ2) is 13.1. The van der Waals surface area contributed by atoms with Gasteiger partial charge in [0.25, 0.3) is 0 Å². The van der Waals surface area contributed by atoms with Gasteiger partial charge in [-0.25, -0.2) is 24.6 Å². The largest absolute Gasteiger partial charge is 0.239 e. The van der Waals surface area contributed by atoms with Gasteiger partial charge in [0.1, 0.15) is 0 Å². The van der Waals surface area contributed by atoms with Gasteiger partial charge in [0.15, 0.2) is 28.8 Å². The molecule has 8 rings (SSSR count). The van der Waals surface area contributed by atoms with Crippen molar-refractivity contribution in [1.29, 1.82) is 0 Å². The van der Waals surface area contributed by atoms with E-state index in [1.54, 1.807) is 18.2 Å². The summed E-state index contributed by atoms with van der Waals surface area (Å²) in [7, 11) is 0. The van der Waals surface area contributed by atoms with Gasteiger partial charge in [-0.3, -0.25) is 0 Å². The van der Waals surface area contributed by atoms with Crippen LogP contribution in [0.15, 0.2) is 164 Å². The summed E-state index contributed by atoms with van der Waals surface area (Å²) in [5.74, 6) is 1.89. The molecule has 0 spiro atoms. The van der Waals surface area contributed by atoms with Gasteiger partial charge in [0, 0.05) is 16.7 Å². The van der Waals surface area contributed by atoms with Gasteiger partial charge in [0.05, 0.1) is 13.1 Å². The van der Waals surface area contributed by atoms with Crippen LogP contribution in [0, 0.1) is 13.1 Å². The third-order valence-electron chi connectivity index (χ3n) is 8.82. The molecule has 0 saturated carbocycles. The maximum Gasteiger partial charge on any atom is 0.184 e. The summed E-state index contributed by atoms with van der Waals surface area (Å²) < 4.78 is 0. The Morgan fingerprint density at radius 2 is 0.680 bits per heavy atom. The van der Waals surface area contributed by atoms with Gasteiger partial charge in [-0.2, -0.15) is 0 Å². The third-order valence-corrected chi connectivity index (χ3v) is 8.82. The molecule has 5 heteroatoms. The van der Waals surface area contributed by atoms with Crippen LogP contribution in [0.3, 0.4) is 0 Å². The molecule has 0 amide bonds. The molecule has 0 radical (unpaired) electrons. The predicted octanol–water partition coefficient (Wildman–Crippen LogP) is 12.1. The number of hydrogen-bond donors (Lipinski definition) is 0. The summed E-state index contributed by atoms with van der Waals surface area (Å²) in [5.41, 5.74) is 9.69. The molecule has 0 aliphatic carbocycles. The highest BCUT2D eigenvalue weighted by Crippen LogP contribution is 2.41. The molecule has 1 aromatic heterocycles. The van der Waals surface area contributed by atoms with Gasteiger partial charge in [-0.05, 0) is 44.2 Å². The van der Waals surface area contributed by atoms with E-state index in [4.69, 9.17) is 28.1 Å².